The Morgan fingerprint density at radius 1 is 1.11 bits per heavy atom. The van der Waals surface area contributed by atoms with Crippen LogP contribution >= 0.6 is 24.0 Å². The fourth-order valence-corrected chi connectivity index (χ4v) is 2.79. The minimum absolute atomic E-state index is 0. The molecular formula is C21H29IN4O2. The molecule has 0 bridgehead atoms. The van der Waals surface area contributed by atoms with Gasteiger partial charge in [0.2, 0.25) is 0 Å². The number of hydrogen-bond acceptors (Lipinski definition) is 3. The molecule has 0 unspecified atom stereocenters. The molecule has 0 aliphatic carbocycles. The third-order valence-electron chi connectivity index (χ3n) is 4.27. The Bertz CT molecular complexity index is 809. The second-order valence-corrected chi connectivity index (χ2v) is 6.19. The molecule has 2 rings (SSSR count). The Morgan fingerprint density at radius 3 is 2.54 bits per heavy atom. The molecule has 0 saturated heterocycles. The molecular weight excluding hydrogens is 467 g/mol. The van der Waals surface area contributed by atoms with E-state index in [1.807, 2.05) is 43.3 Å². The third kappa shape index (κ3) is 7.03. The number of hydrogen-bond donors (Lipinski definition) is 3. The number of carbonyl (C=O) groups is 1. The maximum Gasteiger partial charge on any atom is 0.251 e. The van der Waals surface area contributed by atoms with Crippen LogP contribution in [-0.2, 0) is 13.0 Å². The van der Waals surface area contributed by atoms with Gasteiger partial charge in [0.15, 0.2) is 5.96 Å². The van der Waals surface area contributed by atoms with E-state index in [0.29, 0.717) is 12.1 Å². The Kier molecular flexibility index (Phi) is 10.4. The van der Waals surface area contributed by atoms with Crippen molar-refractivity contribution in [3.05, 3.63) is 64.7 Å². The quantitative estimate of drug-likeness (QED) is 0.313. The van der Waals surface area contributed by atoms with Crippen molar-refractivity contribution in [3.63, 3.8) is 0 Å². The average Bonchev–Trinajstić information content (AvgIpc) is 2.70. The highest BCUT2D eigenvalue weighted by Gasteiger charge is 2.05. The predicted octanol–water partition coefficient (Wildman–Crippen LogP) is 2.89. The standard InChI is InChI=1S/C21H28N4O2.HI/c1-15-12-17(8-9-19(15)27-4)14-25-21(23-3)24-11-10-16-6-5-7-18(13-16)20(26)22-2;/h5-9,12-13H,10-11,14H2,1-4H3,(H,22,26)(H2,23,24,25);1H. The third-order valence-corrected chi connectivity index (χ3v) is 4.27. The normalized spacial score (nSPS) is 10.6. The van der Waals surface area contributed by atoms with Crippen molar-refractivity contribution in [2.45, 2.75) is 19.9 Å². The largest absolute Gasteiger partial charge is 0.496 e. The summed E-state index contributed by atoms with van der Waals surface area (Å²) in [7, 11) is 5.06. The van der Waals surface area contributed by atoms with Crippen molar-refractivity contribution in [1.82, 2.24) is 16.0 Å². The summed E-state index contributed by atoms with van der Waals surface area (Å²) in [5.74, 6) is 1.56. The summed E-state index contributed by atoms with van der Waals surface area (Å²) in [4.78, 5) is 16.0. The van der Waals surface area contributed by atoms with Gasteiger partial charge < -0.3 is 20.7 Å². The monoisotopic (exact) mass is 496 g/mol. The maximum atomic E-state index is 11.7. The van der Waals surface area contributed by atoms with Gasteiger partial charge in [0.1, 0.15) is 5.75 Å². The van der Waals surface area contributed by atoms with Crippen LogP contribution in [0.3, 0.4) is 0 Å². The van der Waals surface area contributed by atoms with Crippen LogP contribution in [-0.4, -0.2) is 39.6 Å². The zero-order valence-electron chi connectivity index (χ0n) is 16.8. The molecule has 0 aliphatic heterocycles. The lowest BCUT2D eigenvalue weighted by Crippen LogP contribution is -2.37. The number of methoxy groups -OCH3 is 1. The molecule has 152 valence electrons. The van der Waals surface area contributed by atoms with Crippen molar-refractivity contribution in [2.24, 2.45) is 4.99 Å². The average molecular weight is 496 g/mol. The SMILES string of the molecule is CN=C(NCCc1cccc(C(=O)NC)c1)NCc1ccc(OC)c(C)c1.I. The van der Waals surface area contributed by atoms with E-state index in [9.17, 15) is 4.79 Å². The molecule has 6 nitrogen and oxygen atoms in total. The van der Waals surface area contributed by atoms with Crippen LogP contribution in [0.15, 0.2) is 47.5 Å². The molecule has 0 aromatic heterocycles. The van der Waals surface area contributed by atoms with E-state index in [1.54, 1.807) is 21.2 Å². The highest BCUT2D eigenvalue weighted by Crippen LogP contribution is 2.18. The number of amides is 1. The van der Waals surface area contributed by atoms with E-state index in [4.69, 9.17) is 4.74 Å². The van der Waals surface area contributed by atoms with Crippen LogP contribution in [0, 0.1) is 6.92 Å². The van der Waals surface area contributed by atoms with Crippen LogP contribution in [0.1, 0.15) is 27.0 Å². The van der Waals surface area contributed by atoms with Gasteiger partial charge in [-0.1, -0.05) is 24.3 Å². The molecule has 0 saturated carbocycles. The Labute approximate surface area is 184 Å². The fraction of sp³-hybridized carbons (Fsp3) is 0.333. The van der Waals surface area contributed by atoms with Gasteiger partial charge in [0.05, 0.1) is 7.11 Å². The first-order valence-corrected chi connectivity index (χ1v) is 8.96. The zero-order chi connectivity index (χ0) is 19.6. The molecule has 2 aromatic carbocycles. The van der Waals surface area contributed by atoms with Gasteiger partial charge in [-0.05, 0) is 48.2 Å². The number of nitrogens with one attached hydrogen (secondary N) is 3. The summed E-state index contributed by atoms with van der Waals surface area (Å²) in [6.07, 6.45) is 0.799. The van der Waals surface area contributed by atoms with Crippen LogP contribution in [0.5, 0.6) is 5.75 Å². The molecule has 0 radical (unpaired) electrons. The maximum absolute atomic E-state index is 11.7. The molecule has 0 fully saturated rings. The van der Waals surface area contributed by atoms with Gasteiger partial charge in [-0.25, -0.2) is 0 Å². The van der Waals surface area contributed by atoms with Crippen molar-refractivity contribution in [3.8, 4) is 5.75 Å². The Morgan fingerprint density at radius 2 is 1.89 bits per heavy atom. The number of benzene rings is 2. The van der Waals surface area contributed by atoms with Crippen molar-refractivity contribution in [2.75, 3.05) is 27.7 Å². The second kappa shape index (κ2) is 12.2. The smallest absolute Gasteiger partial charge is 0.251 e. The Balaban J connectivity index is 0.00000392. The number of aliphatic imine (C=N–C) groups is 1. The van der Waals surface area contributed by atoms with E-state index in [0.717, 1.165) is 41.4 Å². The zero-order valence-corrected chi connectivity index (χ0v) is 19.2. The molecule has 2 aromatic rings. The molecule has 3 N–H and O–H groups in total. The summed E-state index contributed by atoms with van der Waals surface area (Å²) in [5, 5.41) is 9.25. The summed E-state index contributed by atoms with van der Waals surface area (Å²) >= 11 is 0. The fourth-order valence-electron chi connectivity index (χ4n) is 2.79. The molecule has 7 heteroatoms. The molecule has 1 amide bonds. The minimum Gasteiger partial charge on any atom is -0.496 e. The lowest BCUT2D eigenvalue weighted by atomic mass is 10.1. The summed E-state index contributed by atoms with van der Waals surface area (Å²) in [5.41, 5.74) is 4.04. The summed E-state index contributed by atoms with van der Waals surface area (Å²) in [6.45, 7) is 3.43. The van der Waals surface area contributed by atoms with Gasteiger partial charge >= 0.3 is 0 Å². The van der Waals surface area contributed by atoms with Crippen molar-refractivity contribution < 1.29 is 9.53 Å². The van der Waals surface area contributed by atoms with Crippen LogP contribution < -0.4 is 20.7 Å². The number of halogens is 1. The number of nitrogens with zero attached hydrogens (tertiary/aromatic N) is 1. The second-order valence-electron chi connectivity index (χ2n) is 6.19. The molecule has 0 heterocycles. The highest BCUT2D eigenvalue weighted by molar-refractivity contribution is 14.0. The molecule has 0 atom stereocenters. The lowest BCUT2D eigenvalue weighted by Gasteiger charge is -2.13. The summed E-state index contributed by atoms with van der Waals surface area (Å²) < 4.78 is 5.29. The van der Waals surface area contributed by atoms with E-state index < -0.39 is 0 Å². The number of guanidine groups is 1. The number of rotatable bonds is 7. The first kappa shape index (κ1) is 23.7. The van der Waals surface area contributed by atoms with Crippen molar-refractivity contribution in [1.29, 1.82) is 0 Å². The van der Waals surface area contributed by atoms with Gasteiger partial charge in [-0.2, -0.15) is 0 Å². The van der Waals surface area contributed by atoms with Crippen LogP contribution in [0.25, 0.3) is 0 Å². The van der Waals surface area contributed by atoms with Gasteiger partial charge in [0.25, 0.3) is 5.91 Å². The lowest BCUT2D eigenvalue weighted by molar-refractivity contribution is 0.0963. The number of ether oxygens (including phenoxy) is 1. The Hall–Kier alpha value is -2.29. The van der Waals surface area contributed by atoms with E-state index in [1.165, 1.54) is 0 Å². The number of carbonyl (C=O) groups excluding carboxylic acids is 1. The molecule has 0 aliphatic rings. The first-order valence-electron chi connectivity index (χ1n) is 8.96. The van der Waals surface area contributed by atoms with Gasteiger partial charge in [-0.3, -0.25) is 9.79 Å². The first-order chi connectivity index (χ1) is 13.1. The minimum atomic E-state index is -0.0722. The summed E-state index contributed by atoms with van der Waals surface area (Å²) in [6, 6.07) is 13.8. The highest BCUT2D eigenvalue weighted by atomic mass is 127. The van der Waals surface area contributed by atoms with Crippen LogP contribution in [0.4, 0.5) is 0 Å². The van der Waals surface area contributed by atoms with E-state index in [-0.39, 0.29) is 29.9 Å². The van der Waals surface area contributed by atoms with E-state index >= 15 is 0 Å². The van der Waals surface area contributed by atoms with Crippen LogP contribution in [0.2, 0.25) is 0 Å². The van der Waals surface area contributed by atoms with Gasteiger partial charge in [0, 0.05) is 32.7 Å². The topological polar surface area (TPSA) is 74.8 Å². The van der Waals surface area contributed by atoms with E-state index in [2.05, 4.69) is 27.0 Å². The molecule has 0 spiro atoms. The predicted molar refractivity (Wildman–Crippen MR) is 125 cm³/mol. The van der Waals surface area contributed by atoms with Crippen molar-refractivity contribution >= 4 is 35.8 Å². The molecule has 28 heavy (non-hydrogen) atoms. The number of aryl methyl sites for hydroxylation is 1. The van der Waals surface area contributed by atoms with Gasteiger partial charge in [-0.15, -0.1) is 24.0 Å².